The van der Waals surface area contributed by atoms with Gasteiger partial charge in [0.15, 0.2) is 0 Å². The molecule has 0 amide bonds. The third kappa shape index (κ3) is 4.65. The Hall–Kier alpha value is -0.820. The van der Waals surface area contributed by atoms with Gasteiger partial charge < -0.3 is 14.5 Å². The van der Waals surface area contributed by atoms with Gasteiger partial charge in [-0.1, -0.05) is 22.0 Å². The summed E-state index contributed by atoms with van der Waals surface area (Å²) in [7, 11) is 1.70. The topological polar surface area (TPSA) is 47.3 Å². The first-order valence-corrected chi connectivity index (χ1v) is 7.46. The lowest BCUT2D eigenvalue weighted by molar-refractivity contribution is 0.199. The molecule has 0 atom stereocenters. The third-order valence-corrected chi connectivity index (χ3v) is 3.90. The maximum Gasteiger partial charge on any atom is 0.260 e. The molecule has 0 bridgehead atoms. The Morgan fingerprint density at radius 2 is 2.37 bits per heavy atom. The monoisotopic (exact) mass is 342 g/mol. The quantitative estimate of drug-likeness (QED) is 0.782. The Bertz CT molecular complexity index is 505. The molecular weight excluding hydrogens is 328 g/mol. The van der Waals surface area contributed by atoms with E-state index in [1.807, 2.05) is 6.07 Å². The molecule has 4 nitrogen and oxygen atoms in total. The first-order chi connectivity index (χ1) is 9.29. The number of benzene rings is 1. The van der Waals surface area contributed by atoms with Crippen molar-refractivity contribution in [3.05, 3.63) is 40.7 Å². The number of rotatable bonds is 7. The summed E-state index contributed by atoms with van der Waals surface area (Å²) in [5, 5.41) is 3.99. The maximum absolute atomic E-state index is 5.27. The highest BCUT2D eigenvalue weighted by molar-refractivity contribution is 9.10. The van der Waals surface area contributed by atoms with Crippen LogP contribution in [-0.4, -0.2) is 25.2 Å². The van der Waals surface area contributed by atoms with E-state index < -0.39 is 0 Å². The molecule has 0 unspecified atom stereocenters. The van der Waals surface area contributed by atoms with E-state index >= 15 is 0 Å². The van der Waals surface area contributed by atoms with E-state index in [1.165, 1.54) is 17.3 Å². The number of hydrogen-bond acceptors (Lipinski definition) is 5. The Morgan fingerprint density at radius 3 is 3.11 bits per heavy atom. The lowest BCUT2D eigenvalue weighted by Crippen LogP contribution is -2.18. The van der Waals surface area contributed by atoms with Crippen molar-refractivity contribution in [1.29, 1.82) is 0 Å². The second kappa shape index (κ2) is 7.69. The van der Waals surface area contributed by atoms with Crippen molar-refractivity contribution >= 4 is 27.7 Å². The van der Waals surface area contributed by atoms with Gasteiger partial charge in [-0.05, 0) is 29.5 Å². The second-order valence-corrected chi connectivity index (χ2v) is 5.73. The van der Waals surface area contributed by atoms with Gasteiger partial charge in [0.2, 0.25) is 0 Å². The van der Waals surface area contributed by atoms with E-state index in [0.29, 0.717) is 11.8 Å². The highest BCUT2D eigenvalue weighted by Crippen LogP contribution is 2.31. The highest BCUT2D eigenvalue weighted by atomic mass is 79.9. The van der Waals surface area contributed by atoms with Crippen LogP contribution in [0.3, 0.4) is 0 Å². The number of hydrogen-bond donors (Lipinski definition) is 1. The lowest BCUT2D eigenvalue weighted by Gasteiger charge is -2.09. The van der Waals surface area contributed by atoms with Crippen LogP contribution >= 0.6 is 27.7 Å². The predicted octanol–water partition coefficient (Wildman–Crippen LogP) is 3.32. The molecule has 1 aromatic carbocycles. The summed E-state index contributed by atoms with van der Waals surface area (Å²) < 4.78 is 11.3. The number of aromatic nitrogens is 1. The fraction of sp³-hybridized carbons (Fsp3) is 0.308. The summed E-state index contributed by atoms with van der Waals surface area (Å²) in [5.74, 6) is 0. The Labute approximate surface area is 125 Å². The van der Waals surface area contributed by atoms with Gasteiger partial charge in [0.25, 0.3) is 5.22 Å². The van der Waals surface area contributed by atoms with Crippen LogP contribution in [0.15, 0.2) is 49.7 Å². The number of methoxy groups -OCH3 is 1. The lowest BCUT2D eigenvalue weighted by atomic mass is 10.2. The molecule has 0 aliphatic heterocycles. The minimum absolute atomic E-state index is 0.649. The number of oxazole rings is 1. The summed E-state index contributed by atoms with van der Waals surface area (Å²) in [6.45, 7) is 2.33. The largest absolute Gasteiger partial charge is 0.440 e. The van der Waals surface area contributed by atoms with Gasteiger partial charge in [-0.3, -0.25) is 0 Å². The Kier molecular flexibility index (Phi) is 5.91. The predicted molar refractivity (Wildman–Crippen MR) is 78.4 cm³/mol. The molecule has 1 heterocycles. The van der Waals surface area contributed by atoms with Crippen LogP contribution in [0.25, 0.3) is 0 Å². The average molecular weight is 343 g/mol. The first-order valence-electron chi connectivity index (χ1n) is 5.85. The van der Waals surface area contributed by atoms with Crippen molar-refractivity contribution in [1.82, 2.24) is 10.3 Å². The van der Waals surface area contributed by atoms with E-state index in [0.717, 1.165) is 22.5 Å². The summed E-state index contributed by atoms with van der Waals surface area (Å²) in [6, 6.07) is 6.20. The van der Waals surface area contributed by atoms with Gasteiger partial charge in [-0.15, -0.1) is 0 Å². The molecule has 1 aromatic heterocycles. The van der Waals surface area contributed by atoms with Crippen LogP contribution in [0.2, 0.25) is 0 Å². The zero-order valence-corrected chi connectivity index (χ0v) is 13.0. The smallest absolute Gasteiger partial charge is 0.260 e. The van der Waals surface area contributed by atoms with Crippen molar-refractivity contribution in [2.24, 2.45) is 0 Å². The van der Waals surface area contributed by atoms with E-state index in [1.54, 1.807) is 19.6 Å². The molecular formula is C13H15BrN2O2S. The molecule has 0 fully saturated rings. The standard InChI is InChI=1S/C13H15BrN2O2S/c1-17-6-4-15-9-10-2-3-11(14)8-12(10)19-13-16-5-7-18-13/h2-3,5,7-8,15H,4,6,9H2,1H3. The van der Waals surface area contributed by atoms with Crippen LogP contribution in [0.1, 0.15) is 5.56 Å². The Balaban J connectivity index is 2.04. The fourth-order valence-corrected chi connectivity index (χ4v) is 2.90. The molecule has 0 spiro atoms. The van der Waals surface area contributed by atoms with Crippen LogP contribution in [0.5, 0.6) is 0 Å². The highest BCUT2D eigenvalue weighted by Gasteiger charge is 2.08. The molecule has 19 heavy (non-hydrogen) atoms. The molecule has 6 heteroatoms. The molecule has 0 saturated heterocycles. The molecule has 0 aliphatic rings. The second-order valence-electron chi connectivity index (χ2n) is 3.82. The zero-order valence-electron chi connectivity index (χ0n) is 10.6. The fourth-order valence-electron chi connectivity index (χ4n) is 1.52. The van der Waals surface area contributed by atoms with E-state index in [2.05, 4.69) is 38.4 Å². The van der Waals surface area contributed by atoms with Gasteiger partial charge in [0.1, 0.15) is 6.26 Å². The maximum atomic E-state index is 5.27. The summed E-state index contributed by atoms with van der Waals surface area (Å²) in [5.41, 5.74) is 1.21. The molecule has 102 valence electrons. The van der Waals surface area contributed by atoms with Crippen molar-refractivity contribution < 1.29 is 9.15 Å². The van der Waals surface area contributed by atoms with Gasteiger partial charge in [0.05, 0.1) is 12.8 Å². The van der Waals surface area contributed by atoms with E-state index in [-0.39, 0.29) is 0 Å². The molecule has 2 rings (SSSR count). The minimum Gasteiger partial charge on any atom is -0.440 e. The normalized spacial score (nSPS) is 10.8. The van der Waals surface area contributed by atoms with Crippen LogP contribution < -0.4 is 5.32 Å². The molecule has 1 N–H and O–H groups in total. The van der Waals surface area contributed by atoms with Crippen molar-refractivity contribution in [2.75, 3.05) is 20.3 Å². The summed E-state index contributed by atoms with van der Waals surface area (Å²) in [6.07, 6.45) is 3.23. The van der Waals surface area contributed by atoms with E-state index in [9.17, 15) is 0 Å². The van der Waals surface area contributed by atoms with Gasteiger partial charge in [-0.25, -0.2) is 4.98 Å². The SMILES string of the molecule is COCCNCc1ccc(Br)cc1Sc1ncco1. The minimum atomic E-state index is 0.649. The average Bonchev–Trinajstić information content (AvgIpc) is 2.90. The Morgan fingerprint density at radius 1 is 1.47 bits per heavy atom. The summed E-state index contributed by atoms with van der Waals surface area (Å²) >= 11 is 5.01. The molecule has 0 saturated carbocycles. The number of halogens is 1. The van der Waals surface area contributed by atoms with Crippen molar-refractivity contribution in [3.8, 4) is 0 Å². The van der Waals surface area contributed by atoms with E-state index in [4.69, 9.17) is 9.15 Å². The van der Waals surface area contributed by atoms with Crippen LogP contribution in [-0.2, 0) is 11.3 Å². The molecule has 2 aromatic rings. The van der Waals surface area contributed by atoms with Crippen molar-refractivity contribution in [2.45, 2.75) is 16.7 Å². The van der Waals surface area contributed by atoms with Crippen LogP contribution in [0, 0.1) is 0 Å². The van der Waals surface area contributed by atoms with Gasteiger partial charge in [0, 0.05) is 29.6 Å². The van der Waals surface area contributed by atoms with Crippen LogP contribution in [0.4, 0.5) is 0 Å². The third-order valence-electron chi connectivity index (χ3n) is 2.43. The van der Waals surface area contributed by atoms with Gasteiger partial charge in [-0.2, -0.15) is 0 Å². The molecule has 0 radical (unpaired) electrons. The van der Waals surface area contributed by atoms with Crippen molar-refractivity contribution in [3.63, 3.8) is 0 Å². The number of ether oxygens (including phenoxy) is 1. The number of nitrogens with zero attached hydrogens (tertiary/aromatic N) is 1. The molecule has 0 aliphatic carbocycles. The zero-order chi connectivity index (χ0) is 13.5. The van der Waals surface area contributed by atoms with Gasteiger partial charge >= 0.3 is 0 Å². The first kappa shape index (κ1) is 14.6. The summed E-state index contributed by atoms with van der Waals surface area (Å²) in [4.78, 5) is 5.26. The number of nitrogens with one attached hydrogen (secondary N) is 1.